The minimum absolute atomic E-state index is 0.169. The summed E-state index contributed by atoms with van der Waals surface area (Å²) in [6.45, 7) is 0.726. The molecule has 0 N–H and O–H groups in total. The van der Waals surface area contributed by atoms with Gasteiger partial charge in [0.2, 0.25) is 0 Å². The molecule has 1 amide bonds. The fraction of sp³-hybridized carbons (Fsp3) is 0.250. The normalized spacial score (nSPS) is 10.9. The van der Waals surface area contributed by atoms with E-state index in [1.807, 2.05) is 37.5 Å². The molecule has 1 aromatic carbocycles. The van der Waals surface area contributed by atoms with Crippen LogP contribution in [0, 0.1) is 0 Å². The number of aryl methyl sites for hydroxylation is 1. The second-order valence-corrected chi connectivity index (χ2v) is 6.80. The lowest BCUT2D eigenvalue weighted by atomic mass is 10.2. The first-order valence-corrected chi connectivity index (χ1v) is 9.35. The number of carbonyl (C=O) groups is 1. The number of nitrogens with zero attached hydrogens (tertiary/aromatic N) is 7. The van der Waals surface area contributed by atoms with Gasteiger partial charge in [0.25, 0.3) is 5.91 Å². The third kappa shape index (κ3) is 4.54. The first kappa shape index (κ1) is 19.4. The van der Waals surface area contributed by atoms with E-state index in [9.17, 15) is 4.79 Å². The lowest BCUT2D eigenvalue weighted by molar-refractivity contribution is 0.0786. The maximum atomic E-state index is 12.5. The van der Waals surface area contributed by atoms with Gasteiger partial charge in [-0.25, -0.2) is 9.67 Å². The summed E-state index contributed by atoms with van der Waals surface area (Å²) in [5.41, 5.74) is 2.20. The fourth-order valence-electron chi connectivity index (χ4n) is 2.87. The summed E-state index contributed by atoms with van der Waals surface area (Å²) in [5.74, 6) is 0.933. The molecule has 4 rings (SSSR count). The van der Waals surface area contributed by atoms with Crippen LogP contribution in [0.15, 0.2) is 59.9 Å². The highest BCUT2D eigenvalue weighted by molar-refractivity contribution is 5.92. The highest BCUT2D eigenvalue weighted by atomic mass is 16.5. The minimum Gasteiger partial charge on any atom is -0.486 e. The Morgan fingerprint density at radius 1 is 1.23 bits per heavy atom. The predicted octanol–water partition coefficient (Wildman–Crippen LogP) is 1.88. The van der Waals surface area contributed by atoms with E-state index in [2.05, 4.69) is 20.3 Å². The van der Waals surface area contributed by atoms with Crippen LogP contribution in [-0.4, -0.2) is 54.1 Å². The number of likely N-dealkylation sites (N-methyl/N-ethyl adjacent to an activating group) is 1. The molecule has 0 atom stereocenters. The van der Waals surface area contributed by atoms with Gasteiger partial charge in [0.15, 0.2) is 11.5 Å². The molecule has 10 heteroatoms. The lowest BCUT2D eigenvalue weighted by Gasteiger charge is -2.14. The van der Waals surface area contributed by atoms with Gasteiger partial charge in [-0.15, -0.1) is 0 Å². The van der Waals surface area contributed by atoms with Crippen molar-refractivity contribution in [3.05, 3.63) is 72.4 Å². The van der Waals surface area contributed by atoms with Gasteiger partial charge in [-0.2, -0.15) is 10.2 Å². The van der Waals surface area contributed by atoms with Gasteiger partial charge in [0.1, 0.15) is 25.0 Å². The van der Waals surface area contributed by atoms with Gasteiger partial charge >= 0.3 is 0 Å². The zero-order chi connectivity index (χ0) is 20.9. The Bertz CT molecular complexity index is 1100. The maximum absolute atomic E-state index is 12.5. The van der Waals surface area contributed by atoms with Crippen LogP contribution in [0.2, 0.25) is 0 Å². The molecule has 0 aliphatic rings. The number of benzene rings is 1. The molecule has 10 nitrogen and oxygen atoms in total. The van der Waals surface area contributed by atoms with Gasteiger partial charge in [0, 0.05) is 32.9 Å². The van der Waals surface area contributed by atoms with E-state index in [0.717, 1.165) is 11.3 Å². The van der Waals surface area contributed by atoms with E-state index in [1.165, 1.54) is 6.33 Å². The Labute approximate surface area is 172 Å². The number of rotatable bonds is 8. The van der Waals surface area contributed by atoms with Crippen LogP contribution in [0.4, 0.5) is 0 Å². The van der Waals surface area contributed by atoms with Crippen molar-refractivity contribution in [1.82, 2.24) is 34.6 Å². The summed E-state index contributed by atoms with van der Waals surface area (Å²) in [7, 11) is 3.60. The molecule has 0 saturated heterocycles. The number of carbonyl (C=O) groups excluding carboxylic acids is 1. The average Bonchev–Trinajstić information content (AvgIpc) is 3.52. The van der Waals surface area contributed by atoms with Gasteiger partial charge in [-0.05, 0) is 36.2 Å². The third-order valence-corrected chi connectivity index (χ3v) is 4.52. The van der Waals surface area contributed by atoms with E-state index >= 15 is 0 Å². The number of ether oxygens (including phenoxy) is 1. The highest BCUT2D eigenvalue weighted by Crippen LogP contribution is 2.16. The van der Waals surface area contributed by atoms with Crippen molar-refractivity contribution in [3.63, 3.8) is 0 Å². The summed E-state index contributed by atoms with van der Waals surface area (Å²) in [6, 6.07) is 9.00. The molecular weight excluding hydrogens is 386 g/mol. The monoisotopic (exact) mass is 407 g/mol. The zero-order valence-corrected chi connectivity index (χ0v) is 16.7. The average molecular weight is 407 g/mol. The van der Waals surface area contributed by atoms with Crippen molar-refractivity contribution >= 4 is 5.91 Å². The van der Waals surface area contributed by atoms with Crippen molar-refractivity contribution in [2.45, 2.75) is 13.0 Å². The van der Waals surface area contributed by atoms with E-state index in [0.29, 0.717) is 24.5 Å². The summed E-state index contributed by atoms with van der Waals surface area (Å²) in [4.78, 5) is 18.1. The van der Waals surface area contributed by atoms with Crippen molar-refractivity contribution in [1.29, 1.82) is 0 Å². The maximum Gasteiger partial charge on any atom is 0.275 e. The number of hydrogen-bond acceptors (Lipinski definition) is 7. The highest BCUT2D eigenvalue weighted by Gasteiger charge is 2.17. The van der Waals surface area contributed by atoms with Crippen LogP contribution in [0.25, 0.3) is 5.69 Å². The second-order valence-electron chi connectivity index (χ2n) is 6.80. The van der Waals surface area contributed by atoms with Crippen LogP contribution < -0.4 is 4.74 Å². The molecule has 4 aromatic rings. The van der Waals surface area contributed by atoms with Crippen molar-refractivity contribution < 1.29 is 14.1 Å². The predicted molar refractivity (Wildman–Crippen MR) is 106 cm³/mol. The Morgan fingerprint density at radius 2 is 2.07 bits per heavy atom. The first-order valence-electron chi connectivity index (χ1n) is 9.35. The first-order chi connectivity index (χ1) is 14.6. The molecule has 3 heterocycles. The Hall–Kier alpha value is -3.95. The molecule has 0 aliphatic heterocycles. The van der Waals surface area contributed by atoms with Crippen LogP contribution in [-0.2, 0) is 20.1 Å². The summed E-state index contributed by atoms with van der Waals surface area (Å²) < 4.78 is 14.4. The molecule has 0 saturated carbocycles. The second kappa shape index (κ2) is 8.60. The zero-order valence-electron chi connectivity index (χ0n) is 16.7. The topological polar surface area (TPSA) is 104 Å². The van der Waals surface area contributed by atoms with Gasteiger partial charge in [-0.1, -0.05) is 5.16 Å². The lowest BCUT2D eigenvalue weighted by Crippen LogP contribution is -2.29. The van der Waals surface area contributed by atoms with E-state index in [1.54, 1.807) is 39.9 Å². The third-order valence-electron chi connectivity index (χ3n) is 4.52. The number of aromatic nitrogens is 6. The van der Waals surface area contributed by atoms with E-state index in [-0.39, 0.29) is 18.2 Å². The van der Waals surface area contributed by atoms with Crippen molar-refractivity contribution in [2.75, 3.05) is 13.6 Å². The quantitative estimate of drug-likeness (QED) is 0.439. The number of hydrogen-bond donors (Lipinski definition) is 0. The molecule has 0 fully saturated rings. The molecule has 0 spiro atoms. The SMILES string of the molecule is CN(CCc1cnn(C)c1)C(=O)c1cc(COc2ccc(-n3cncn3)cc2)on1. The number of amides is 1. The molecule has 154 valence electrons. The smallest absolute Gasteiger partial charge is 0.275 e. The molecule has 30 heavy (non-hydrogen) atoms. The summed E-state index contributed by atoms with van der Waals surface area (Å²) in [6.07, 6.45) is 7.54. The molecule has 0 aliphatic carbocycles. The van der Waals surface area contributed by atoms with Crippen LogP contribution in [0.3, 0.4) is 0 Å². The van der Waals surface area contributed by atoms with E-state index in [4.69, 9.17) is 9.26 Å². The summed E-state index contributed by atoms with van der Waals surface area (Å²) >= 11 is 0. The summed E-state index contributed by atoms with van der Waals surface area (Å²) in [5, 5.41) is 12.1. The molecule has 0 radical (unpaired) electrons. The largest absolute Gasteiger partial charge is 0.486 e. The molecule has 0 unspecified atom stereocenters. The van der Waals surface area contributed by atoms with Crippen LogP contribution >= 0.6 is 0 Å². The van der Waals surface area contributed by atoms with Gasteiger partial charge < -0.3 is 14.2 Å². The molecule has 3 aromatic heterocycles. The fourth-order valence-corrected chi connectivity index (χ4v) is 2.87. The minimum atomic E-state index is -0.203. The van der Waals surface area contributed by atoms with E-state index < -0.39 is 0 Å². The Balaban J connectivity index is 1.29. The van der Waals surface area contributed by atoms with Crippen molar-refractivity contribution in [3.8, 4) is 11.4 Å². The Kier molecular flexibility index (Phi) is 5.55. The standard InChI is InChI=1S/C20H21N7O3/c1-25(8-7-15-10-22-26(2)11-15)20(28)19-9-18(30-24-19)12-29-17-5-3-16(4-6-17)27-14-21-13-23-27/h3-6,9-11,13-14H,7-8,12H2,1-2H3. The van der Waals surface area contributed by atoms with Gasteiger partial charge in [0.05, 0.1) is 11.9 Å². The Morgan fingerprint density at radius 3 is 2.77 bits per heavy atom. The van der Waals surface area contributed by atoms with Crippen LogP contribution in [0.5, 0.6) is 5.75 Å². The van der Waals surface area contributed by atoms with Crippen LogP contribution in [0.1, 0.15) is 21.8 Å². The molecule has 0 bridgehead atoms. The van der Waals surface area contributed by atoms with Crippen molar-refractivity contribution in [2.24, 2.45) is 7.05 Å². The molecular formula is C20H21N7O3. The van der Waals surface area contributed by atoms with Gasteiger partial charge in [-0.3, -0.25) is 9.48 Å².